The highest BCUT2D eigenvalue weighted by atomic mass is 35.5. The lowest BCUT2D eigenvalue weighted by Crippen LogP contribution is -2.38. The van der Waals surface area contributed by atoms with Crippen LogP contribution < -0.4 is 14.8 Å². The van der Waals surface area contributed by atoms with Gasteiger partial charge in [0, 0.05) is 47.3 Å². The molecule has 9 heteroatoms. The zero-order valence-corrected chi connectivity index (χ0v) is 19.4. The van der Waals surface area contributed by atoms with Crippen LogP contribution in [0.2, 0.25) is 10.0 Å². The maximum absolute atomic E-state index is 13.4. The smallest absolute Gasteiger partial charge is 0.257 e. The van der Waals surface area contributed by atoms with Crippen LogP contribution in [0.15, 0.2) is 36.5 Å². The molecule has 1 aliphatic heterocycles. The summed E-state index contributed by atoms with van der Waals surface area (Å²) < 4.78 is 10.8. The van der Waals surface area contributed by atoms with Crippen LogP contribution >= 0.6 is 35.0 Å². The van der Waals surface area contributed by atoms with E-state index < -0.39 is 0 Å². The molecule has 2 aromatic carbocycles. The predicted octanol–water partition coefficient (Wildman–Crippen LogP) is 5.49. The van der Waals surface area contributed by atoms with Gasteiger partial charge in [0.1, 0.15) is 11.5 Å². The molecular formula is C22H21Cl2N3O3S. The van der Waals surface area contributed by atoms with E-state index in [9.17, 15) is 4.79 Å². The molecule has 31 heavy (non-hydrogen) atoms. The highest BCUT2D eigenvalue weighted by molar-refractivity contribution is 7.99. The minimum absolute atomic E-state index is 0.0734. The van der Waals surface area contributed by atoms with Crippen LogP contribution in [0.25, 0.3) is 10.9 Å². The van der Waals surface area contributed by atoms with Crippen molar-refractivity contribution in [2.24, 2.45) is 0 Å². The fraction of sp³-hybridized carbons (Fsp3) is 0.273. The molecule has 0 unspecified atom stereocenters. The molecule has 0 spiro atoms. The van der Waals surface area contributed by atoms with Crippen LogP contribution in [0, 0.1) is 0 Å². The molecule has 162 valence electrons. The number of carbonyl (C=O) groups is 1. The van der Waals surface area contributed by atoms with Crippen molar-refractivity contribution in [3.63, 3.8) is 0 Å². The van der Waals surface area contributed by atoms with Crippen LogP contribution in [0.3, 0.4) is 0 Å². The Hall–Kier alpha value is -2.35. The summed E-state index contributed by atoms with van der Waals surface area (Å²) in [6.45, 7) is 1.41. The number of carbonyl (C=O) groups excluding carboxylic acids is 1. The molecule has 4 rings (SSSR count). The van der Waals surface area contributed by atoms with Crippen LogP contribution in [0.4, 0.5) is 11.4 Å². The summed E-state index contributed by atoms with van der Waals surface area (Å²) in [5.74, 6) is 2.79. The van der Waals surface area contributed by atoms with Gasteiger partial charge < -0.3 is 19.7 Å². The van der Waals surface area contributed by atoms with Crippen molar-refractivity contribution < 1.29 is 14.3 Å². The monoisotopic (exact) mass is 477 g/mol. The number of rotatable bonds is 5. The first-order valence-corrected chi connectivity index (χ1v) is 11.6. The standard InChI is InChI=1S/C22H21Cl2N3O3S/c1-29-19-11-20(30-2)18(10-16(19)24)26-21-14-9-13(23)3-4-17(14)25-12-15(21)22(28)27-5-7-31-8-6-27/h3-4,9-12H,5-8H2,1-2H3,(H,25,26). The molecular weight excluding hydrogens is 457 g/mol. The van der Waals surface area contributed by atoms with Crippen molar-refractivity contribution in [3.8, 4) is 11.5 Å². The van der Waals surface area contributed by atoms with Gasteiger partial charge >= 0.3 is 0 Å². The number of hydrogen-bond donors (Lipinski definition) is 1. The van der Waals surface area contributed by atoms with Crippen molar-refractivity contribution >= 4 is 63.1 Å². The molecule has 3 aromatic rings. The Morgan fingerprint density at radius 3 is 2.55 bits per heavy atom. The number of thioether (sulfide) groups is 1. The number of nitrogens with zero attached hydrogens (tertiary/aromatic N) is 2. The van der Waals surface area contributed by atoms with Gasteiger partial charge in [-0.05, 0) is 24.3 Å². The second-order valence-electron chi connectivity index (χ2n) is 6.92. The Morgan fingerprint density at radius 1 is 1.10 bits per heavy atom. The first-order valence-electron chi connectivity index (χ1n) is 9.65. The average molecular weight is 478 g/mol. The second kappa shape index (κ2) is 9.42. The van der Waals surface area contributed by atoms with E-state index in [1.165, 1.54) is 0 Å². The largest absolute Gasteiger partial charge is 0.495 e. The maximum Gasteiger partial charge on any atom is 0.257 e. The molecule has 0 radical (unpaired) electrons. The Balaban J connectivity index is 1.86. The molecule has 1 aromatic heterocycles. The zero-order chi connectivity index (χ0) is 22.0. The minimum Gasteiger partial charge on any atom is -0.495 e. The van der Waals surface area contributed by atoms with Gasteiger partial charge in [0.2, 0.25) is 0 Å². The van der Waals surface area contributed by atoms with E-state index in [0.717, 1.165) is 22.4 Å². The summed E-state index contributed by atoms with van der Waals surface area (Å²) >= 11 is 14.5. The third-order valence-electron chi connectivity index (χ3n) is 5.09. The average Bonchev–Trinajstić information content (AvgIpc) is 2.79. The molecule has 0 atom stereocenters. The lowest BCUT2D eigenvalue weighted by Gasteiger charge is -2.27. The van der Waals surface area contributed by atoms with Crippen molar-refractivity contribution in [1.29, 1.82) is 0 Å². The molecule has 1 fully saturated rings. The first-order chi connectivity index (χ1) is 15.0. The molecule has 1 aliphatic rings. The molecule has 2 heterocycles. The number of benzene rings is 2. The van der Waals surface area contributed by atoms with Gasteiger partial charge in [0.25, 0.3) is 5.91 Å². The van der Waals surface area contributed by atoms with Crippen molar-refractivity contribution in [2.45, 2.75) is 0 Å². The number of pyridine rings is 1. The van der Waals surface area contributed by atoms with Crippen molar-refractivity contribution in [2.75, 3.05) is 44.1 Å². The number of ether oxygens (including phenoxy) is 2. The van der Waals surface area contributed by atoms with Gasteiger partial charge in [0.05, 0.1) is 41.7 Å². The Bertz CT molecular complexity index is 1140. The normalized spacial score (nSPS) is 13.9. The molecule has 0 bridgehead atoms. The molecule has 1 amide bonds. The van der Waals surface area contributed by atoms with Gasteiger partial charge in [-0.2, -0.15) is 11.8 Å². The van der Waals surface area contributed by atoms with E-state index in [4.69, 9.17) is 32.7 Å². The summed E-state index contributed by atoms with van der Waals surface area (Å²) in [4.78, 5) is 19.7. The quantitative estimate of drug-likeness (QED) is 0.523. The Kier molecular flexibility index (Phi) is 6.65. The summed E-state index contributed by atoms with van der Waals surface area (Å²) in [5.41, 5.74) is 2.39. The highest BCUT2D eigenvalue weighted by Gasteiger charge is 2.24. The van der Waals surface area contributed by atoms with E-state index >= 15 is 0 Å². The minimum atomic E-state index is -0.0734. The van der Waals surface area contributed by atoms with Crippen LogP contribution in [0.5, 0.6) is 11.5 Å². The number of nitrogens with one attached hydrogen (secondary N) is 1. The van der Waals surface area contributed by atoms with E-state index in [1.807, 2.05) is 22.7 Å². The number of halogens is 2. The maximum atomic E-state index is 13.4. The number of hydrogen-bond acceptors (Lipinski definition) is 6. The van der Waals surface area contributed by atoms with Crippen LogP contribution in [0.1, 0.15) is 10.4 Å². The lowest BCUT2D eigenvalue weighted by atomic mass is 10.1. The second-order valence-corrected chi connectivity index (χ2v) is 8.99. The summed E-state index contributed by atoms with van der Waals surface area (Å²) in [6.07, 6.45) is 1.61. The summed E-state index contributed by atoms with van der Waals surface area (Å²) in [7, 11) is 3.10. The lowest BCUT2D eigenvalue weighted by molar-refractivity contribution is 0.0773. The van der Waals surface area contributed by atoms with Crippen molar-refractivity contribution in [1.82, 2.24) is 9.88 Å². The van der Waals surface area contributed by atoms with Crippen molar-refractivity contribution in [3.05, 3.63) is 52.1 Å². The van der Waals surface area contributed by atoms with Gasteiger partial charge in [0.15, 0.2) is 0 Å². The summed E-state index contributed by atoms with van der Waals surface area (Å²) in [5, 5.41) is 5.06. The molecule has 6 nitrogen and oxygen atoms in total. The zero-order valence-electron chi connectivity index (χ0n) is 17.1. The third-order valence-corrected chi connectivity index (χ3v) is 6.57. The van der Waals surface area contributed by atoms with E-state index in [0.29, 0.717) is 51.6 Å². The highest BCUT2D eigenvalue weighted by Crippen LogP contribution is 2.40. The molecule has 0 aliphatic carbocycles. The number of anilines is 2. The Morgan fingerprint density at radius 2 is 1.84 bits per heavy atom. The molecule has 1 N–H and O–H groups in total. The number of amides is 1. The van der Waals surface area contributed by atoms with Gasteiger partial charge in [-0.15, -0.1) is 0 Å². The number of fused-ring (bicyclic) bond motifs is 1. The Labute approximate surface area is 194 Å². The van der Waals surface area contributed by atoms with E-state index in [-0.39, 0.29) is 5.91 Å². The third kappa shape index (κ3) is 4.49. The van der Waals surface area contributed by atoms with E-state index in [2.05, 4.69) is 10.3 Å². The molecule has 0 saturated carbocycles. The fourth-order valence-corrected chi connectivity index (χ4v) is 4.81. The fourth-order valence-electron chi connectivity index (χ4n) is 3.49. The number of methoxy groups -OCH3 is 2. The predicted molar refractivity (Wildman–Crippen MR) is 128 cm³/mol. The van der Waals surface area contributed by atoms with Gasteiger partial charge in [-0.25, -0.2) is 0 Å². The number of aromatic nitrogens is 1. The van der Waals surface area contributed by atoms with Crippen LogP contribution in [-0.2, 0) is 0 Å². The van der Waals surface area contributed by atoms with Gasteiger partial charge in [-0.1, -0.05) is 23.2 Å². The first kappa shape index (κ1) is 21.9. The van der Waals surface area contributed by atoms with Gasteiger partial charge in [-0.3, -0.25) is 9.78 Å². The van der Waals surface area contributed by atoms with Crippen LogP contribution in [-0.4, -0.2) is 54.6 Å². The van der Waals surface area contributed by atoms with E-state index in [1.54, 1.807) is 44.7 Å². The topological polar surface area (TPSA) is 63.7 Å². The SMILES string of the molecule is COc1cc(OC)c(Nc2c(C(=O)N3CCSCC3)cnc3ccc(Cl)cc23)cc1Cl. The molecule has 1 saturated heterocycles. The summed E-state index contributed by atoms with van der Waals surface area (Å²) in [6, 6.07) is 8.81.